The smallest absolute Gasteiger partial charge is 0.410 e. The molecule has 1 aliphatic heterocycles. The van der Waals surface area contributed by atoms with Gasteiger partial charge < -0.3 is 10.1 Å². The van der Waals surface area contributed by atoms with Crippen LogP contribution in [0.3, 0.4) is 0 Å². The Hall–Kier alpha value is -1.70. The van der Waals surface area contributed by atoms with E-state index in [0.29, 0.717) is 32.6 Å². The fraction of sp³-hybridized carbons (Fsp3) is 0.692. The van der Waals surface area contributed by atoms with Crippen LogP contribution in [-0.2, 0) is 4.74 Å². The average Bonchev–Trinajstić information content (AvgIpc) is 2.27. The zero-order valence-corrected chi connectivity index (χ0v) is 11.3. The number of ether oxygens (including phenoxy) is 1. The molecule has 0 aliphatic carbocycles. The van der Waals surface area contributed by atoms with Crippen molar-refractivity contribution in [2.24, 2.45) is 4.99 Å². The van der Waals surface area contributed by atoms with E-state index in [4.69, 9.17) is 11.2 Å². The minimum Gasteiger partial charge on any atom is -0.444 e. The van der Waals surface area contributed by atoms with Gasteiger partial charge >= 0.3 is 6.09 Å². The van der Waals surface area contributed by atoms with Crippen LogP contribution in [-0.4, -0.2) is 48.6 Å². The lowest BCUT2D eigenvalue weighted by molar-refractivity contribution is 0.0276. The molecule has 0 radical (unpaired) electrons. The maximum atomic E-state index is 11.9. The minimum atomic E-state index is -0.470. The summed E-state index contributed by atoms with van der Waals surface area (Å²) in [7, 11) is 0. The molecule has 0 aromatic carbocycles. The van der Waals surface area contributed by atoms with E-state index < -0.39 is 5.60 Å². The number of carbonyl (C=O) groups is 1. The van der Waals surface area contributed by atoms with E-state index >= 15 is 0 Å². The Morgan fingerprint density at radius 3 is 2.94 bits per heavy atom. The lowest BCUT2D eigenvalue weighted by Crippen LogP contribution is -2.47. The SMILES string of the molecule is C#CCCNC1=NCCN(C(=O)OC(C)(C)C)C1. The molecule has 5 heteroatoms. The van der Waals surface area contributed by atoms with Gasteiger partial charge in [0.05, 0.1) is 13.1 Å². The predicted octanol–water partition coefficient (Wildman–Crippen LogP) is 1.25. The highest BCUT2D eigenvalue weighted by Crippen LogP contribution is 2.10. The first kappa shape index (κ1) is 14.4. The Morgan fingerprint density at radius 1 is 1.61 bits per heavy atom. The van der Waals surface area contributed by atoms with Gasteiger partial charge in [-0.2, -0.15) is 0 Å². The normalized spacial score (nSPS) is 15.7. The second-order valence-electron chi connectivity index (χ2n) is 5.11. The van der Waals surface area contributed by atoms with E-state index in [-0.39, 0.29) is 6.09 Å². The summed E-state index contributed by atoms with van der Waals surface area (Å²) in [6.45, 7) is 7.89. The van der Waals surface area contributed by atoms with E-state index in [1.807, 2.05) is 20.8 Å². The molecule has 0 saturated heterocycles. The summed E-state index contributed by atoms with van der Waals surface area (Å²) in [5, 5.41) is 3.13. The largest absolute Gasteiger partial charge is 0.444 e. The zero-order chi connectivity index (χ0) is 13.6. The molecule has 0 aromatic heterocycles. The van der Waals surface area contributed by atoms with Gasteiger partial charge in [-0.15, -0.1) is 12.3 Å². The molecule has 100 valence electrons. The van der Waals surface area contributed by atoms with Crippen LogP contribution in [0.15, 0.2) is 4.99 Å². The second-order valence-corrected chi connectivity index (χ2v) is 5.11. The molecule has 0 spiro atoms. The van der Waals surface area contributed by atoms with Crippen molar-refractivity contribution in [3.05, 3.63) is 0 Å². The molecule has 1 heterocycles. The van der Waals surface area contributed by atoms with Gasteiger partial charge in [0, 0.05) is 19.5 Å². The summed E-state index contributed by atoms with van der Waals surface area (Å²) in [6, 6.07) is 0. The van der Waals surface area contributed by atoms with E-state index in [1.54, 1.807) is 4.90 Å². The molecule has 18 heavy (non-hydrogen) atoms. The summed E-state index contributed by atoms with van der Waals surface area (Å²) in [4.78, 5) is 17.8. The molecule has 5 nitrogen and oxygen atoms in total. The predicted molar refractivity (Wildman–Crippen MR) is 71.6 cm³/mol. The highest BCUT2D eigenvalue weighted by Gasteiger charge is 2.24. The second kappa shape index (κ2) is 6.29. The van der Waals surface area contributed by atoms with Crippen LogP contribution in [0.25, 0.3) is 0 Å². The summed E-state index contributed by atoms with van der Waals surface area (Å²) < 4.78 is 5.32. The number of amidine groups is 1. The average molecular weight is 251 g/mol. The zero-order valence-electron chi connectivity index (χ0n) is 11.3. The Kier molecular flexibility index (Phi) is 5.02. The number of hydrogen-bond donors (Lipinski definition) is 1. The van der Waals surface area contributed by atoms with Gasteiger partial charge in [-0.25, -0.2) is 4.79 Å². The van der Waals surface area contributed by atoms with Crippen LogP contribution in [0, 0.1) is 12.3 Å². The van der Waals surface area contributed by atoms with Crippen molar-refractivity contribution in [1.29, 1.82) is 0 Å². The molecular weight excluding hydrogens is 230 g/mol. The molecule has 0 atom stereocenters. The Balaban J connectivity index is 2.44. The van der Waals surface area contributed by atoms with Crippen molar-refractivity contribution < 1.29 is 9.53 Å². The molecule has 0 bridgehead atoms. The molecular formula is C13H21N3O2. The van der Waals surface area contributed by atoms with Gasteiger partial charge in [-0.1, -0.05) is 0 Å². The van der Waals surface area contributed by atoms with Crippen LogP contribution in [0.1, 0.15) is 27.2 Å². The molecule has 0 fully saturated rings. The topological polar surface area (TPSA) is 53.9 Å². The molecule has 1 amide bonds. The molecule has 0 unspecified atom stereocenters. The summed E-state index contributed by atoms with van der Waals surface area (Å²) in [6.07, 6.45) is 5.52. The molecule has 1 N–H and O–H groups in total. The summed E-state index contributed by atoms with van der Waals surface area (Å²) in [5.74, 6) is 3.34. The highest BCUT2D eigenvalue weighted by molar-refractivity contribution is 5.87. The number of terminal acetylenes is 1. The van der Waals surface area contributed by atoms with Gasteiger partial charge in [0.15, 0.2) is 0 Å². The first-order valence-corrected chi connectivity index (χ1v) is 6.11. The van der Waals surface area contributed by atoms with Gasteiger partial charge in [0.25, 0.3) is 0 Å². The van der Waals surface area contributed by atoms with Crippen molar-refractivity contribution >= 4 is 11.9 Å². The molecule has 0 saturated carbocycles. The Bertz CT molecular complexity index is 363. The minimum absolute atomic E-state index is 0.298. The highest BCUT2D eigenvalue weighted by atomic mass is 16.6. The number of rotatable bonds is 2. The Labute approximate surface area is 109 Å². The monoisotopic (exact) mass is 251 g/mol. The third-order valence-corrected chi connectivity index (χ3v) is 2.26. The summed E-state index contributed by atoms with van der Waals surface area (Å²) >= 11 is 0. The molecule has 0 aromatic rings. The van der Waals surface area contributed by atoms with Crippen molar-refractivity contribution in [1.82, 2.24) is 10.2 Å². The fourth-order valence-corrected chi connectivity index (χ4v) is 1.49. The standard InChI is InChI=1S/C13H21N3O2/c1-5-6-7-14-11-10-16(9-8-15-11)12(17)18-13(2,3)4/h1H,6-10H2,2-4H3,(H,14,15). The molecule has 1 rings (SSSR count). The van der Waals surface area contributed by atoms with Crippen molar-refractivity contribution in [2.45, 2.75) is 32.8 Å². The first-order chi connectivity index (χ1) is 8.42. The fourth-order valence-electron chi connectivity index (χ4n) is 1.49. The van der Waals surface area contributed by atoms with Gasteiger partial charge in [-0.05, 0) is 20.8 Å². The number of nitrogens with zero attached hydrogens (tertiary/aromatic N) is 2. The number of carbonyl (C=O) groups excluding carboxylic acids is 1. The first-order valence-electron chi connectivity index (χ1n) is 6.11. The molecule has 1 aliphatic rings. The van der Waals surface area contributed by atoms with Crippen molar-refractivity contribution in [3.63, 3.8) is 0 Å². The van der Waals surface area contributed by atoms with Gasteiger partial charge in [-0.3, -0.25) is 9.89 Å². The van der Waals surface area contributed by atoms with Gasteiger partial charge in [0.1, 0.15) is 11.4 Å². The number of nitrogens with one attached hydrogen (secondary N) is 1. The van der Waals surface area contributed by atoms with Crippen LogP contribution < -0.4 is 5.32 Å². The Morgan fingerprint density at radius 2 is 2.33 bits per heavy atom. The van der Waals surface area contributed by atoms with Gasteiger partial charge in [0.2, 0.25) is 0 Å². The number of hydrogen-bond acceptors (Lipinski definition) is 4. The van der Waals surface area contributed by atoms with E-state index in [1.165, 1.54) is 0 Å². The third kappa shape index (κ3) is 5.09. The van der Waals surface area contributed by atoms with Crippen molar-refractivity contribution in [2.75, 3.05) is 26.2 Å². The van der Waals surface area contributed by atoms with Crippen LogP contribution in [0.4, 0.5) is 4.79 Å². The maximum Gasteiger partial charge on any atom is 0.410 e. The quantitative estimate of drug-likeness (QED) is 0.593. The van der Waals surface area contributed by atoms with E-state index in [0.717, 1.165) is 5.84 Å². The van der Waals surface area contributed by atoms with Crippen LogP contribution in [0.5, 0.6) is 0 Å². The number of aliphatic imine (C=N–C) groups is 1. The van der Waals surface area contributed by atoms with Crippen LogP contribution in [0.2, 0.25) is 0 Å². The van der Waals surface area contributed by atoms with E-state index in [9.17, 15) is 4.79 Å². The maximum absolute atomic E-state index is 11.9. The summed E-state index contributed by atoms with van der Waals surface area (Å²) in [5.41, 5.74) is -0.470. The third-order valence-electron chi connectivity index (χ3n) is 2.26. The lowest BCUT2D eigenvalue weighted by Gasteiger charge is -2.29. The van der Waals surface area contributed by atoms with Crippen molar-refractivity contribution in [3.8, 4) is 12.3 Å². The lowest BCUT2D eigenvalue weighted by atomic mass is 10.2. The van der Waals surface area contributed by atoms with E-state index in [2.05, 4.69) is 16.2 Å². The van der Waals surface area contributed by atoms with Crippen LogP contribution >= 0.6 is 0 Å². The number of amides is 1.